The molecule has 6 nitrogen and oxygen atoms in total. The van der Waals surface area contributed by atoms with Crippen molar-refractivity contribution in [2.75, 3.05) is 29.4 Å². The Labute approximate surface area is 128 Å². The third-order valence-corrected chi connectivity index (χ3v) is 4.33. The third-order valence-electron chi connectivity index (χ3n) is 4.33. The highest BCUT2D eigenvalue weighted by atomic mass is 16.4. The summed E-state index contributed by atoms with van der Waals surface area (Å²) >= 11 is 0. The Morgan fingerprint density at radius 1 is 1.32 bits per heavy atom. The van der Waals surface area contributed by atoms with Gasteiger partial charge in [-0.1, -0.05) is 0 Å². The quantitative estimate of drug-likeness (QED) is 0.916. The van der Waals surface area contributed by atoms with Gasteiger partial charge in [0.1, 0.15) is 6.07 Å². The molecule has 0 aromatic heterocycles. The Morgan fingerprint density at radius 2 is 2.05 bits per heavy atom. The number of rotatable bonds is 3. The van der Waals surface area contributed by atoms with Crippen molar-refractivity contribution in [1.82, 2.24) is 0 Å². The van der Waals surface area contributed by atoms with Crippen LogP contribution in [0, 0.1) is 17.2 Å². The second-order valence-electron chi connectivity index (χ2n) is 5.75. The SMILES string of the molecule is N#Cc1cc(N2CC(C(=O)O)CC2=O)ccc1N1CCCC1. The van der Waals surface area contributed by atoms with E-state index in [0.717, 1.165) is 31.6 Å². The lowest BCUT2D eigenvalue weighted by atomic mass is 10.1. The molecule has 1 aromatic carbocycles. The van der Waals surface area contributed by atoms with E-state index in [1.807, 2.05) is 6.07 Å². The highest BCUT2D eigenvalue weighted by Gasteiger charge is 2.35. The molecule has 0 bridgehead atoms. The summed E-state index contributed by atoms with van der Waals surface area (Å²) in [5, 5.41) is 18.4. The van der Waals surface area contributed by atoms with Crippen molar-refractivity contribution in [3.05, 3.63) is 23.8 Å². The molecule has 2 aliphatic heterocycles. The van der Waals surface area contributed by atoms with E-state index in [9.17, 15) is 14.9 Å². The van der Waals surface area contributed by atoms with Crippen molar-refractivity contribution in [2.24, 2.45) is 5.92 Å². The Balaban J connectivity index is 1.88. The van der Waals surface area contributed by atoms with Crippen LogP contribution in [0.25, 0.3) is 0 Å². The van der Waals surface area contributed by atoms with Gasteiger partial charge in [0, 0.05) is 31.7 Å². The third kappa shape index (κ3) is 2.50. The predicted octanol–water partition coefficient (Wildman–Crippen LogP) is 1.60. The normalized spacial score (nSPS) is 21.2. The molecule has 6 heteroatoms. The monoisotopic (exact) mass is 299 g/mol. The van der Waals surface area contributed by atoms with Gasteiger partial charge in [-0.05, 0) is 31.0 Å². The number of carboxylic acid groups (broad SMARTS) is 1. The van der Waals surface area contributed by atoms with E-state index in [1.165, 1.54) is 4.90 Å². The molecule has 1 unspecified atom stereocenters. The first-order chi connectivity index (χ1) is 10.6. The fourth-order valence-electron chi connectivity index (χ4n) is 3.14. The summed E-state index contributed by atoms with van der Waals surface area (Å²) in [6.07, 6.45) is 2.26. The zero-order chi connectivity index (χ0) is 15.7. The van der Waals surface area contributed by atoms with E-state index < -0.39 is 11.9 Å². The maximum absolute atomic E-state index is 12.0. The van der Waals surface area contributed by atoms with Crippen molar-refractivity contribution in [3.63, 3.8) is 0 Å². The first-order valence-electron chi connectivity index (χ1n) is 7.42. The largest absolute Gasteiger partial charge is 0.481 e. The zero-order valence-corrected chi connectivity index (χ0v) is 12.2. The van der Waals surface area contributed by atoms with Gasteiger partial charge in [-0.15, -0.1) is 0 Å². The predicted molar refractivity (Wildman–Crippen MR) is 80.7 cm³/mol. The number of carboxylic acids is 1. The number of nitriles is 1. The number of benzene rings is 1. The van der Waals surface area contributed by atoms with Crippen LogP contribution in [0.5, 0.6) is 0 Å². The molecule has 0 spiro atoms. The van der Waals surface area contributed by atoms with E-state index in [2.05, 4.69) is 11.0 Å². The van der Waals surface area contributed by atoms with Crippen LogP contribution in [0.1, 0.15) is 24.8 Å². The number of amides is 1. The molecule has 114 valence electrons. The molecular formula is C16H17N3O3. The minimum atomic E-state index is -0.954. The molecule has 0 aliphatic carbocycles. The fraction of sp³-hybridized carbons (Fsp3) is 0.438. The van der Waals surface area contributed by atoms with Gasteiger partial charge in [0.25, 0.3) is 0 Å². The summed E-state index contributed by atoms with van der Waals surface area (Å²) in [7, 11) is 0. The van der Waals surface area contributed by atoms with Crippen LogP contribution in [0.4, 0.5) is 11.4 Å². The standard InChI is InChI=1S/C16H17N3O3/c17-9-11-7-13(3-4-14(11)18-5-1-2-6-18)19-10-12(16(21)22)8-15(19)20/h3-4,7,12H,1-2,5-6,8,10H2,(H,21,22). The lowest BCUT2D eigenvalue weighted by Crippen LogP contribution is -2.26. The van der Waals surface area contributed by atoms with Gasteiger partial charge in [0.2, 0.25) is 5.91 Å². The zero-order valence-electron chi connectivity index (χ0n) is 12.2. The van der Waals surface area contributed by atoms with Crippen LogP contribution in [0.15, 0.2) is 18.2 Å². The van der Waals surface area contributed by atoms with Crippen molar-refractivity contribution in [3.8, 4) is 6.07 Å². The molecule has 22 heavy (non-hydrogen) atoms. The molecule has 0 radical (unpaired) electrons. The molecule has 1 aromatic rings. The van der Waals surface area contributed by atoms with Crippen molar-refractivity contribution in [2.45, 2.75) is 19.3 Å². The second kappa shape index (κ2) is 5.68. The van der Waals surface area contributed by atoms with Crippen LogP contribution in [-0.4, -0.2) is 36.6 Å². The van der Waals surface area contributed by atoms with Crippen LogP contribution in [0.2, 0.25) is 0 Å². The molecule has 1 atom stereocenters. The number of carbonyl (C=O) groups excluding carboxylic acids is 1. The van der Waals surface area contributed by atoms with E-state index in [0.29, 0.717) is 11.3 Å². The molecule has 1 N–H and O–H groups in total. The Hall–Kier alpha value is -2.55. The van der Waals surface area contributed by atoms with Crippen LogP contribution in [0.3, 0.4) is 0 Å². The molecule has 2 saturated heterocycles. The molecule has 2 heterocycles. The summed E-state index contributed by atoms with van der Waals surface area (Å²) in [5.41, 5.74) is 2.03. The Morgan fingerprint density at radius 3 is 2.64 bits per heavy atom. The molecule has 2 aliphatic rings. The number of hydrogen-bond donors (Lipinski definition) is 1. The van der Waals surface area contributed by atoms with Gasteiger partial charge < -0.3 is 14.9 Å². The van der Waals surface area contributed by atoms with E-state index in [4.69, 9.17) is 5.11 Å². The molecule has 0 saturated carbocycles. The average Bonchev–Trinajstić information content (AvgIpc) is 3.16. The first kappa shape index (κ1) is 14.4. The summed E-state index contributed by atoms with van der Waals surface area (Å²) in [4.78, 5) is 26.7. The lowest BCUT2D eigenvalue weighted by molar-refractivity contribution is -0.141. The molecule has 1 amide bonds. The maximum Gasteiger partial charge on any atom is 0.308 e. The summed E-state index contributed by atoms with van der Waals surface area (Å²) in [6.45, 7) is 2.05. The van der Waals surface area contributed by atoms with Crippen LogP contribution < -0.4 is 9.80 Å². The van der Waals surface area contributed by atoms with Crippen molar-refractivity contribution < 1.29 is 14.7 Å². The molecule has 3 rings (SSSR count). The average molecular weight is 299 g/mol. The maximum atomic E-state index is 12.0. The number of carbonyl (C=O) groups is 2. The summed E-state index contributed by atoms with van der Waals surface area (Å²) in [5.74, 6) is -1.83. The number of nitrogens with zero attached hydrogens (tertiary/aromatic N) is 3. The minimum Gasteiger partial charge on any atom is -0.481 e. The fourth-order valence-corrected chi connectivity index (χ4v) is 3.14. The Kier molecular flexibility index (Phi) is 3.72. The molecular weight excluding hydrogens is 282 g/mol. The summed E-state index contributed by atoms with van der Waals surface area (Å²) < 4.78 is 0. The molecule has 2 fully saturated rings. The van der Waals surface area contributed by atoms with Crippen LogP contribution >= 0.6 is 0 Å². The lowest BCUT2D eigenvalue weighted by Gasteiger charge is -2.22. The van der Waals surface area contributed by atoms with Crippen molar-refractivity contribution >= 4 is 23.3 Å². The highest BCUT2D eigenvalue weighted by Crippen LogP contribution is 2.31. The number of aliphatic carboxylic acids is 1. The topological polar surface area (TPSA) is 84.6 Å². The van der Waals surface area contributed by atoms with E-state index >= 15 is 0 Å². The van der Waals surface area contributed by atoms with Gasteiger partial charge in [0.05, 0.1) is 17.2 Å². The van der Waals surface area contributed by atoms with Gasteiger partial charge in [-0.25, -0.2) is 0 Å². The van der Waals surface area contributed by atoms with Gasteiger partial charge >= 0.3 is 5.97 Å². The van der Waals surface area contributed by atoms with E-state index in [1.54, 1.807) is 12.1 Å². The van der Waals surface area contributed by atoms with Gasteiger partial charge in [0.15, 0.2) is 0 Å². The number of hydrogen-bond acceptors (Lipinski definition) is 4. The minimum absolute atomic E-state index is 0.0189. The summed E-state index contributed by atoms with van der Waals surface area (Å²) in [6, 6.07) is 7.54. The smallest absolute Gasteiger partial charge is 0.308 e. The second-order valence-corrected chi connectivity index (χ2v) is 5.75. The Bertz CT molecular complexity index is 659. The van der Waals surface area contributed by atoms with Gasteiger partial charge in [-0.3, -0.25) is 9.59 Å². The number of anilines is 2. The van der Waals surface area contributed by atoms with Crippen molar-refractivity contribution in [1.29, 1.82) is 5.26 Å². The van der Waals surface area contributed by atoms with E-state index in [-0.39, 0.29) is 18.9 Å². The van der Waals surface area contributed by atoms with Gasteiger partial charge in [-0.2, -0.15) is 5.26 Å². The van der Waals surface area contributed by atoms with Crippen LogP contribution in [-0.2, 0) is 9.59 Å². The highest BCUT2D eigenvalue weighted by molar-refractivity contribution is 5.99. The first-order valence-corrected chi connectivity index (χ1v) is 7.42.